The van der Waals surface area contributed by atoms with Gasteiger partial charge in [0.05, 0.1) is 17.5 Å². The van der Waals surface area contributed by atoms with Gasteiger partial charge in [-0.1, -0.05) is 35.0 Å². The minimum atomic E-state index is -0.527. The Morgan fingerprint density at radius 3 is 2.63 bits per heavy atom. The van der Waals surface area contributed by atoms with Crippen LogP contribution in [0.15, 0.2) is 58.4 Å². The topological polar surface area (TPSA) is 59.5 Å². The summed E-state index contributed by atoms with van der Waals surface area (Å²) in [6.07, 6.45) is 4.13. The highest BCUT2D eigenvalue weighted by atomic mass is 79.9. The molecule has 1 aromatic carbocycles. The Morgan fingerprint density at radius 1 is 1.13 bits per heavy atom. The molecular weight excluding hydrogens is 444 g/mol. The summed E-state index contributed by atoms with van der Waals surface area (Å²) >= 11 is 3.47. The predicted octanol–water partition coefficient (Wildman–Crippen LogP) is 4.90. The Balaban J connectivity index is 1.65. The van der Waals surface area contributed by atoms with Crippen LogP contribution in [0.1, 0.15) is 43.4 Å². The maximum atomic E-state index is 13.7. The van der Waals surface area contributed by atoms with Gasteiger partial charge in [0, 0.05) is 10.7 Å². The van der Waals surface area contributed by atoms with Crippen LogP contribution >= 0.6 is 15.9 Å². The molecule has 6 heteroatoms. The van der Waals surface area contributed by atoms with Crippen LogP contribution in [-0.4, -0.2) is 22.8 Å². The second-order valence-electron chi connectivity index (χ2n) is 8.61. The molecular formula is C24H23BrN2O3. The van der Waals surface area contributed by atoms with E-state index in [0.717, 1.165) is 34.9 Å². The third-order valence-electron chi connectivity index (χ3n) is 6.44. The number of ketones is 1. The molecule has 3 aliphatic rings. The van der Waals surface area contributed by atoms with Crippen molar-refractivity contribution in [3.8, 4) is 0 Å². The largest absolute Gasteiger partial charge is 0.483 e. The molecule has 3 heterocycles. The number of Topliss-reactive ketones (excluding diaryl/α,β-unsaturated/α-hetero) is 1. The number of pyridine rings is 1. The van der Waals surface area contributed by atoms with Crippen molar-refractivity contribution in [3.63, 3.8) is 0 Å². The smallest absolute Gasteiger partial charge is 0.295 e. The van der Waals surface area contributed by atoms with Gasteiger partial charge in [-0.05, 0) is 67.5 Å². The number of fused-ring (bicyclic) bond motifs is 1. The molecule has 0 bridgehead atoms. The molecule has 1 aliphatic carbocycles. The Hall–Kier alpha value is -2.47. The molecule has 2 aliphatic heterocycles. The Morgan fingerprint density at radius 2 is 1.90 bits per heavy atom. The molecule has 4 unspecified atom stereocenters. The van der Waals surface area contributed by atoms with Crippen LogP contribution in [0.5, 0.6) is 0 Å². The van der Waals surface area contributed by atoms with Gasteiger partial charge in [-0.25, -0.2) is 4.98 Å². The van der Waals surface area contributed by atoms with Crippen LogP contribution in [0.3, 0.4) is 0 Å². The molecule has 154 valence electrons. The second kappa shape index (κ2) is 7.34. The van der Waals surface area contributed by atoms with E-state index >= 15 is 0 Å². The van der Waals surface area contributed by atoms with E-state index in [1.807, 2.05) is 43.3 Å². The number of ether oxygens (including phenoxy) is 1. The highest BCUT2D eigenvalue weighted by molar-refractivity contribution is 9.10. The fourth-order valence-electron chi connectivity index (χ4n) is 4.93. The van der Waals surface area contributed by atoms with E-state index in [9.17, 15) is 9.59 Å². The molecule has 2 aromatic rings. The number of carbonyl (C=O) groups excluding carboxylic acids is 2. The van der Waals surface area contributed by atoms with E-state index in [-0.39, 0.29) is 29.5 Å². The normalized spacial score (nSPS) is 28.3. The predicted molar refractivity (Wildman–Crippen MR) is 117 cm³/mol. The Bertz CT molecular complexity index is 1060. The van der Waals surface area contributed by atoms with Gasteiger partial charge in [0.25, 0.3) is 5.91 Å². The van der Waals surface area contributed by atoms with Crippen LogP contribution in [0.25, 0.3) is 0 Å². The lowest BCUT2D eigenvalue weighted by molar-refractivity contribution is -0.132. The maximum Gasteiger partial charge on any atom is 0.295 e. The number of aryl methyl sites for hydroxylation is 1. The molecule has 0 spiro atoms. The summed E-state index contributed by atoms with van der Waals surface area (Å²) < 4.78 is 7.18. The van der Waals surface area contributed by atoms with Crippen molar-refractivity contribution >= 4 is 33.4 Å². The number of nitrogens with zero attached hydrogens (tertiary/aromatic N) is 2. The SMILES string of the molecule is Cc1ccnc(N2C(=O)C3=C(C(=O)C4CC(C)CCC4O3)C2c2ccc(Br)cc2)c1. The van der Waals surface area contributed by atoms with Gasteiger partial charge in [-0.15, -0.1) is 0 Å². The standard InChI is InChI=1S/C24H23BrN2O3/c1-13-3-8-18-17(11-13)22(28)20-21(15-4-6-16(25)7-5-15)27(24(29)23(20)30-18)19-12-14(2)9-10-26-19/h4-7,9-10,12-13,17-18,21H,3,8,11H2,1-2H3. The van der Waals surface area contributed by atoms with Gasteiger partial charge in [0.15, 0.2) is 11.5 Å². The van der Waals surface area contributed by atoms with Crippen molar-refractivity contribution in [2.75, 3.05) is 4.90 Å². The molecule has 1 amide bonds. The van der Waals surface area contributed by atoms with Crippen molar-refractivity contribution in [3.05, 3.63) is 69.5 Å². The van der Waals surface area contributed by atoms with Crippen LogP contribution in [0, 0.1) is 18.8 Å². The molecule has 30 heavy (non-hydrogen) atoms. The molecule has 0 saturated heterocycles. The summed E-state index contributed by atoms with van der Waals surface area (Å²) in [5.41, 5.74) is 2.36. The number of hydrogen-bond donors (Lipinski definition) is 0. The second-order valence-corrected chi connectivity index (χ2v) is 9.52. The highest BCUT2D eigenvalue weighted by Gasteiger charge is 2.53. The summed E-state index contributed by atoms with van der Waals surface area (Å²) in [5.74, 6) is 0.843. The van der Waals surface area contributed by atoms with Crippen LogP contribution in [0.4, 0.5) is 5.82 Å². The monoisotopic (exact) mass is 466 g/mol. The average molecular weight is 467 g/mol. The zero-order valence-corrected chi connectivity index (χ0v) is 18.6. The number of amides is 1. The molecule has 1 saturated carbocycles. The van der Waals surface area contributed by atoms with E-state index in [1.165, 1.54) is 0 Å². The third-order valence-corrected chi connectivity index (χ3v) is 6.97. The molecule has 5 nitrogen and oxygen atoms in total. The van der Waals surface area contributed by atoms with Gasteiger partial charge >= 0.3 is 0 Å². The van der Waals surface area contributed by atoms with Crippen molar-refractivity contribution in [2.24, 2.45) is 11.8 Å². The number of halogens is 1. The van der Waals surface area contributed by atoms with E-state index in [1.54, 1.807) is 11.1 Å². The quantitative estimate of drug-likeness (QED) is 0.631. The van der Waals surface area contributed by atoms with E-state index in [0.29, 0.717) is 17.3 Å². The summed E-state index contributed by atoms with van der Waals surface area (Å²) in [6.45, 7) is 4.15. The van der Waals surface area contributed by atoms with E-state index in [4.69, 9.17) is 4.74 Å². The number of hydrogen-bond acceptors (Lipinski definition) is 4. The first-order valence-electron chi connectivity index (χ1n) is 10.4. The average Bonchev–Trinajstić information content (AvgIpc) is 3.02. The Labute approximate surface area is 184 Å². The molecule has 0 radical (unpaired) electrons. The van der Waals surface area contributed by atoms with Crippen molar-refractivity contribution in [1.29, 1.82) is 0 Å². The number of benzene rings is 1. The van der Waals surface area contributed by atoms with Crippen molar-refractivity contribution in [1.82, 2.24) is 4.98 Å². The van der Waals surface area contributed by atoms with E-state index < -0.39 is 6.04 Å². The molecule has 4 atom stereocenters. The summed E-state index contributed by atoms with van der Waals surface area (Å²) in [7, 11) is 0. The van der Waals surface area contributed by atoms with Crippen molar-refractivity contribution in [2.45, 2.75) is 45.3 Å². The third kappa shape index (κ3) is 3.09. The lowest BCUT2D eigenvalue weighted by Gasteiger charge is -2.37. The zero-order valence-electron chi connectivity index (χ0n) is 17.0. The Kier molecular flexibility index (Phi) is 4.77. The number of aromatic nitrogens is 1. The maximum absolute atomic E-state index is 13.7. The first-order valence-corrected chi connectivity index (χ1v) is 11.2. The number of carbonyl (C=O) groups is 2. The lowest BCUT2D eigenvalue weighted by Crippen LogP contribution is -2.41. The molecule has 0 N–H and O–H groups in total. The molecule has 1 fully saturated rings. The minimum absolute atomic E-state index is 0.0595. The van der Waals surface area contributed by atoms with Crippen molar-refractivity contribution < 1.29 is 14.3 Å². The fraction of sp³-hybridized carbons (Fsp3) is 0.375. The van der Waals surface area contributed by atoms with Gasteiger partial charge in [0.1, 0.15) is 11.9 Å². The summed E-state index contributed by atoms with van der Waals surface area (Å²) in [4.78, 5) is 33.3. The minimum Gasteiger partial charge on any atom is -0.483 e. The van der Waals surface area contributed by atoms with Gasteiger partial charge in [-0.2, -0.15) is 0 Å². The summed E-state index contributed by atoms with van der Waals surface area (Å²) in [6, 6.07) is 11.0. The molecule has 5 rings (SSSR count). The first kappa shape index (κ1) is 19.5. The first-order chi connectivity index (χ1) is 14.4. The molecule has 1 aromatic heterocycles. The number of rotatable bonds is 2. The lowest BCUT2D eigenvalue weighted by atomic mass is 9.74. The zero-order chi connectivity index (χ0) is 21.0. The number of anilines is 1. The van der Waals surface area contributed by atoms with Gasteiger partial charge < -0.3 is 4.74 Å². The van der Waals surface area contributed by atoms with Gasteiger partial charge in [0.2, 0.25) is 0 Å². The fourth-order valence-corrected chi connectivity index (χ4v) is 5.19. The van der Waals surface area contributed by atoms with Crippen LogP contribution in [0.2, 0.25) is 0 Å². The van der Waals surface area contributed by atoms with E-state index in [2.05, 4.69) is 27.8 Å². The van der Waals surface area contributed by atoms with Gasteiger partial charge in [-0.3, -0.25) is 14.5 Å². The van der Waals surface area contributed by atoms with Crippen LogP contribution in [-0.2, 0) is 14.3 Å². The summed E-state index contributed by atoms with van der Waals surface area (Å²) in [5, 5.41) is 0. The van der Waals surface area contributed by atoms with Crippen LogP contribution < -0.4 is 4.90 Å². The highest BCUT2D eigenvalue weighted by Crippen LogP contribution is 2.48.